The number of anilines is 4. The third kappa shape index (κ3) is 3.52. The molecule has 1 aromatic carbocycles. The van der Waals surface area contributed by atoms with Gasteiger partial charge < -0.3 is 16.0 Å². The molecule has 0 saturated heterocycles. The fourth-order valence-corrected chi connectivity index (χ4v) is 2.03. The SMILES string of the molecule is CN(C)c1cc(Nc2nc(N)nc(-c3ccccc3)n2)ccn1. The fourth-order valence-electron chi connectivity index (χ4n) is 2.03. The van der Waals surface area contributed by atoms with Gasteiger partial charge in [-0.2, -0.15) is 15.0 Å². The predicted octanol–water partition coefficient (Wildman–Crippen LogP) is 2.33. The van der Waals surface area contributed by atoms with Gasteiger partial charge in [-0.25, -0.2) is 4.98 Å². The Hall–Kier alpha value is -3.22. The van der Waals surface area contributed by atoms with E-state index in [0.29, 0.717) is 11.8 Å². The Morgan fingerprint density at radius 2 is 1.78 bits per heavy atom. The normalized spacial score (nSPS) is 10.3. The van der Waals surface area contributed by atoms with E-state index in [4.69, 9.17) is 5.73 Å². The van der Waals surface area contributed by atoms with Crippen LogP contribution >= 0.6 is 0 Å². The molecule has 3 N–H and O–H groups in total. The lowest BCUT2D eigenvalue weighted by atomic mass is 10.2. The van der Waals surface area contributed by atoms with Crippen LogP contribution in [-0.4, -0.2) is 34.0 Å². The van der Waals surface area contributed by atoms with E-state index in [-0.39, 0.29) is 5.95 Å². The highest BCUT2D eigenvalue weighted by molar-refractivity contribution is 5.62. The minimum atomic E-state index is 0.170. The number of benzene rings is 1. The maximum atomic E-state index is 5.81. The summed E-state index contributed by atoms with van der Waals surface area (Å²) in [4.78, 5) is 18.9. The largest absolute Gasteiger partial charge is 0.368 e. The van der Waals surface area contributed by atoms with Gasteiger partial charge in [0.2, 0.25) is 11.9 Å². The molecule has 0 atom stereocenters. The summed E-state index contributed by atoms with van der Waals surface area (Å²) in [6.07, 6.45) is 1.72. The lowest BCUT2D eigenvalue weighted by Gasteiger charge is -2.13. The van der Waals surface area contributed by atoms with E-state index >= 15 is 0 Å². The fraction of sp³-hybridized carbons (Fsp3) is 0.125. The van der Waals surface area contributed by atoms with Gasteiger partial charge in [-0.1, -0.05) is 30.3 Å². The second-order valence-corrected chi connectivity index (χ2v) is 5.13. The Bertz CT molecular complexity index is 803. The summed E-state index contributed by atoms with van der Waals surface area (Å²) in [6, 6.07) is 13.4. The van der Waals surface area contributed by atoms with Gasteiger partial charge in [0.1, 0.15) is 5.82 Å². The van der Waals surface area contributed by atoms with Crippen LogP contribution in [0.2, 0.25) is 0 Å². The molecule has 2 heterocycles. The van der Waals surface area contributed by atoms with Crippen molar-refractivity contribution >= 4 is 23.4 Å². The van der Waals surface area contributed by atoms with E-state index in [1.165, 1.54) is 0 Å². The van der Waals surface area contributed by atoms with Crippen LogP contribution in [0.1, 0.15) is 0 Å². The van der Waals surface area contributed by atoms with E-state index in [2.05, 4.69) is 25.3 Å². The second-order valence-electron chi connectivity index (χ2n) is 5.13. The molecule has 0 aliphatic heterocycles. The number of hydrogen-bond acceptors (Lipinski definition) is 7. The zero-order chi connectivity index (χ0) is 16.2. The number of nitrogens with zero attached hydrogens (tertiary/aromatic N) is 5. The van der Waals surface area contributed by atoms with Crippen molar-refractivity contribution < 1.29 is 0 Å². The van der Waals surface area contributed by atoms with Gasteiger partial charge in [-0.3, -0.25) is 0 Å². The van der Waals surface area contributed by atoms with Crippen LogP contribution in [0.5, 0.6) is 0 Å². The summed E-state index contributed by atoms with van der Waals surface area (Å²) in [5.41, 5.74) is 7.52. The van der Waals surface area contributed by atoms with Crippen molar-refractivity contribution in [1.29, 1.82) is 0 Å². The average molecular weight is 307 g/mol. The first-order valence-electron chi connectivity index (χ1n) is 7.09. The Morgan fingerprint density at radius 1 is 1.00 bits per heavy atom. The van der Waals surface area contributed by atoms with Crippen molar-refractivity contribution in [2.24, 2.45) is 0 Å². The van der Waals surface area contributed by atoms with Crippen LogP contribution < -0.4 is 16.0 Å². The molecule has 3 rings (SSSR count). The van der Waals surface area contributed by atoms with Crippen LogP contribution in [0.15, 0.2) is 48.7 Å². The molecular formula is C16H17N7. The Kier molecular flexibility index (Phi) is 4.01. The van der Waals surface area contributed by atoms with Crippen molar-refractivity contribution in [3.8, 4) is 11.4 Å². The van der Waals surface area contributed by atoms with Crippen LogP contribution in [-0.2, 0) is 0 Å². The quantitative estimate of drug-likeness (QED) is 0.764. The lowest BCUT2D eigenvalue weighted by Crippen LogP contribution is -2.11. The minimum Gasteiger partial charge on any atom is -0.368 e. The molecule has 0 saturated carbocycles. The summed E-state index contributed by atoms with van der Waals surface area (Å²) in [5, 5.41) is 3.14. The molecule has 3 aromatic rings. The van der Waals surface area contributed by atoms with E-state index in [1.807, 2.05) is 61.5 Å². The summed E-state index contributed by atoms with van der Waals surface area (Å²) >= 11 is 0. The first-order valence-corrected chi connectivity index (χ1v) is 7.09. The van der Waals surface area contributed by atoms with Gasteiger partial charge in [0.25, 0.3) is 0 Å². The number of hydrogen-bond donors (Lipinski definition) is 2. The molecule has 0 aliphatic rings. The molecule has 2 aromatic heterocycles. The van der Waals surface area contributed by atoms with Crippen molar-refractivity contribution in [1.82, 2.24) is 19.9 Å². The molecule has 0 unspecified atom stereocenters. The summed E-state index contributed by atoms with van der Waals surface area (Å²) in [7, 11) is 3.86. The predicted molar refractivity (Wildman–Crippen MR) is 91.5 cm³/mol. The molecule has 7 nitrogen and oxygen atoms in total. The standard InChI is InChI=1S/C16H17N7/c1-23(2)13-10-12(8-9-18-13)19-16-21-14(20-15(17)22-16)11-6-4-3-5-7-11/h3-10H,1-2H3,(H3,17,18,19,20,21,22). The van der Waals surface area contributed by atoms with E-state index in [0.717, 1.165) is 17.1 Å². The second kappa shape index (κ2) is 6.27. The van der Waals surface area contributed by atoms with Crippen LogP contribution in [0.4, 0.5) is 23.4 Å². The molecule has 0 radical (unpaired) electrons. The molecule has 0 fully saturated rings. The monoisotopic (exact) mass is 307 g/mol. The summed E-state index contributed by atoms with van der Waals surface area (Å²) < 4.78 is 0. The molecule has 0 aliphatic carbocycles. The highest BCUT2D eigenvalue weighted by atomic mass is 15.2. The van der Waals surface area contributed by atoms with Gasteiger partial charge in [0.15, 0.2) is 5.82 Å². The van der Waals surface area contributed by atoms with Crippen LogP contribution in [0, 0.1) is 0 Å². The van der Waals surface area contributed by atoms with Crippen molar-refractivity contribution in [3.63, 3.8) is 0 Å². The van der Waals surface area contributed by atoms with Crippen LogP contribution in [0.25, 0.3) is 11.4 Å². The number of pyridine rings is 1. The van der Waals surface area contributed by atoms with Crippen molar-refractivity contribution in [2.75, 3.05) is 30.0 Å². The number of nitrogens with two attached hydrogens (primary N) is 1. The van der Waals surface area contributed by atoms with Gasteiger partial charge >= 0.3 is 0 Å². The topological polar surface area (TPSA) is 92.8 Å². The third-order valence-corrected chi connectivity index (χ3v) is 3.14. The lowest BCUT2D eigenvalue weighted by molar-refractivity contribution is 1.06. The highest BCUT2D eigenvalue weighted by Crippen LogP contribution is 2.20. The number of nitrogen functional groups attached to an aromatic ring is 1. The average Bonchev–Trinajstić information content (AvgIpc) is 2.55. The van der Waals surface area contributed by atoms with Gasteiger partial charge in [-0.05, 0) is 6.07 Å². The first kappa shape index (κ1) is 14.7. The van der Waals surface area contributed by atoms with Crippen LogP contribution in [0.3, 0.4) is 0 Å². The Morgan fingerprint density at radius 3 is 2.52 bits per heavy atom. The molecular weight excluding hydrogens is 290 g/mol. The van der Waals surface area contributed by atoms with Gasteiger partial charge in [-0.15, -0.1) is 0 Å². The Labute approximate surface area is 134 Å². The minimum absolute atomic E-state index is 0.170. The first-order chi connectivity index (χ1) is 11.1. The zero-order valence-corrected chi connectivity index (χ0v) is 12.9. The molecule has 0 amide bonds. The maximum Gasteiger partial charge on any atom is 0.232 e. The number of rotatable bonds is 4. The molecule has 0 spiro atoms. The van der Waals surface area contributed by atoms with E-state index in [9.17, 15) is 0 Å². The molecule has 23 heavy (non-hydrogen) atoms. The van der Waals surface area contributed by atoms with E-state index < -0.39 is 0 Å². The molecule has 0 bridgehead atoms. The van der Waals surface area contributed by atoms with Crippen molar-refractivity contribution in [3.05, 3.63) is 48.7 Å². The van der Waals surface area contributed by atoms with Crippen molar-refractivity contribution in [2.45, 2.75) is 0 Å². The zero-order valence-electron chi connectivity index (χ0n) is 12.9. The number of nitrogens with one attached hydrogen (secondary N) is 1. The maximum absolute atomic E-state index is 5.81. The number of aromatic nitrogens is 4. The van der Waals surface area contributed by atoms with Gasteiger partial charge in [0, 0.05) is 37.6 Å². The smallest absolute Gasteiger partial charge is 0.232 e. The molecule has 7 heteroatoms. The van der Waals surface area contributed by atoms with Gasteiger partial charge in [0.05, 0.1) is 0 Å². The Balaban J connectivity index is 1.92. The summed E-state index contributed by atoms with van der Waals surface area (Å²) in [5.74, 6) is 1.93. The highest BCUT2D eigenvalue weighted by Gasteiger charge is 2.07. The molecule has 116 valence electrons. The third-order valence-electron chi connectivity index (χ3n) is 3.14. The summed E-state index contributed by atoms with van der Waals surface area (Å²) in [6.45, 7) is 0. The van der Waals surface area contributed by atoms with E-state index in [1.54, 1.807) is 6.20 Å².